The highest BCUT2D eigenvalue weighted by Crippen LogP contribution is 2.15. The van der Waals surface area contributed by atoms with Gasteiger partial charge >= 0.3 is 5.97 Å². The first-order valence-corrected chi connectivity index (χ1v) is 4.95. The van der Waals surface area contributed by atoms with Crippen molar-refractivity contribution in [1.29, 1.82) is 0 Å². The predicted molar refractivity (Wildman–Crippen MR) is 55.7 cm³/mol. The van der Waals surface area contributed by atoms with E-state index in [0.29, 0.717) is 5.70 Å². The van der Waals surface area contributed by atoms with E-state index in [0.717, 1.165) is 25.9 Å². The van der Waals surface area contributed by atoms with E-state index in [9.17, 15) is 4.79 Å². The first-order valence-electron chi connectivity index (χ1n) is 4.95. The van der Waals surface area contributed by atoms with E-state index in [1.165, 1.54) is 13.5 Å². The third-order valence-corrected chi connectivity index (χ3v) is 2.37. The van der Waals surface area contributed by atoms with Crippen molar-refractivity contribution in [3.05, 3.63) is 24.4 Å². The SMILES string of the molecule is C=C/C=C(/C(=O)OC)N1CCCCC1. The average molecular weight is 195 g/mol. The van der Waals surface area contributed by atoms with Gasteiger partial charge in [-0.15, -0.1) is 0 Å². The highest BCUT2D eigenvalue weighted by atomic mass is 16.5. The van der Waals surface area contributed by atoms with Crippen molar-refractivity contribution in [2.75, 3.05) is 20.2 Å². The number of piperidine rings is 1. The zero-order chi connectivity index (χ0) is 10.4. The quantitative estimate of drug-likeness (QED) is 0.390. The molecule has 78 valence electrons. The van der Waals surface area contributed by atoms with Gasteiger partial charge in [0.05, 0.1) is 7.11 Å². The van der Waals surface area contributed by atoms with Gasteiger partial charge in [-0.3, -0.25) is 0 Å². The van der Waals surface area contributed by atoms with Crippen LogP contribution in [0.5, 0.6) is 0 Å². The van der Waals surface area contributed by atoms with Crippen LogP contribution in [-0.4, -0.2) is 31.1 Å². The Hall–Kier alpha value is -1.25. The maximum absolute atomic E-state index is 11.4. The summed E-state index contributed by atoms with van der Waals surface area (Å²) in [4.78, 5) is 13.5. The number of methoxy groups -OCH3 is 1. The van der Waals surface area contributed by atoms with E-state index in [4.69, 9.17) is 4.74 Å². The minimum Gasteiger partial charge on any atom is -0.464 e. The molecule has 0 unspecified atom stereocenters. The monoisotopic (exact) mass is 195 g/mol. The molecule has 0 aromatic heterocycles. The highest BCUT2D eigenvalue weighted by Gasteiger charge is 2.19. The number of ether oxygens (including phenoxy) is 1. The summed E-state index contributed by atoms with van der Waals surface area (Å²) in [5.74, 6) is -0.271. The second-order valence-electron chi connectivity index (χ2n) is 3.33. The molecule has 1 aliphatic rings. The van der Waals surface area contributed by atoms with E-state index < -0.39 is 0 Å². The lowest BCUT2D eigenvalue weighted by atomic mass is 10.1. The molecule has 0 atom stereocenters. The second-order valence-corrected chi connectivity index (χ2v) is 3.33. The molecule has 1 fully saturated rings. The van der Waals surface area contributed by atoms with Crippen molar-refractivity contribution >= 4 is 5.97 Å². The molecule has 1 aliphatic heterocycles. The van der Waals surface area contributed by atoms with Crippen LogP contribution in [0.2, 0.25) is 0 Å². The smallest absolute Gasteiger partial charge is 0.354 e. The fourth-order valence-electron chi connectivity index (χ4n) is 1.65. The van der Waals surface area contributed by atoms with E-state index >= 15 is 0 Å². The molecule has 0 N–H and O–H groups in total. The summed E-state index contributed by atoms with van der Waals surface area (Å²) in [5.41, 5.74) is 0.627. The van der Waals surface area contributed by atoms with E-state index in [-0.39, 0.29) is 5.97 Å². The molecular weight excluding hydrogens is 178 g/mol. The molecule has 0 bridgehead atoms. The molecule has 3 nitrogen and oxygen atoms in total. The molecule has 1 saturated heterocycles. The number of hydrogen-bond acceptors (Lipinski definition) is 3. The number of likely N-dealkylation sites (tertiary alicyclic amines) is 1. The van der Waals surface area contributed by atoms with E-state index in [1.807, 2.05) is 0 Å². The van der Waals surface area contributed by atoms with Crippen LogP contribution in [-0.2, 0) is 9.53 Å². The Morgan fingerprint density at radius 1 is 1.36 bits per heavy atom. The van der Waals surface area contributed by atoms with Gasteiger partial charge in [-0.1, -0.05) is 12.7 Å². The molecule has 14 heavy (non-hydrogen) atoms. The Labute approximate surface area is 85.0 Å². The molecule has 1 rings (SSSR count). The number of rotatable bonds is 3. The van der Waals surface area contributed by atoms with Crippen LogP contribution in [0.3, 0.4) is 0 Å². The molecule has 3 heteroatoms. The lowest BCUT2D eigenvalue weighted by Gasteiger charge is -2.29. The number of carbonyl (C=O) groups excluding carboxylic acids is 1. The van der Waals surface area contributed by atoms with Gasteiger partial charge < -0.3 is 9.64 Å². The van der Waals surface area contributed by atoms with Crippen LogP contribution < -0.4 is 0 Å². The molecule has 0 aliphatic carbocycles. The number of hydrogen-bond donors (Lipinski definition) is 0. The van der Waals surface area contributed by atoms with Crippen LogP contribution in [0.15, 0.2) is 24.4 Å². The van der Waals surface area contributed by atoms with Crippen LogP contribution in [0.1, 0.15) is 19.3 Å². The summed E-state index contributed by atoms with van der Waals surface area (Å²) in [7, 11) is 1.41. The van der Waals surface area contributed by atoms with Crippen molar-refractivity contribution < 1.29 is 9.53 Å². The Morgan fingerprint density at radius 2 is 2.00 bits per heavy atom. The largest absolute Gasteiger partial charge is 0.464 e. The Morgan fingerprint density at radius 3 is 2.50 bits per heavy atom. The molecular formula is C11H17NO2. The van der Waals surface area contributed by atoms with Gasteiger partial charge in [0.25, 0.3) is 0 Å². The van der Waals surface area contributed by atoms with Crippen molar-refractivity contribution in [2.45, 2.75) is 19.3 Å². The lowest BCUT2D eigenvalue weighted by molar-refractivity contribution is -0.138. The maximum Gasteiger partial charge on any atom is 0.354 e. The van der Waals surface area contributed by atoms with Crippen molar-refractivity contribution in [2.24, 2.45) is 0 Å². The first kappa shape index (κ1) is 10.8. The van der Waals surface area contributed by atoms with Crippen molar-refractivity contribution in [3.8, 4) is 0 Å². The van der Waals surface area contributed by atoms with Crippen LogP contribution in [0.4, 0.5) is 0 Å². The molecule has 0 amide bonds. The normalized spacial score (nSPS) is 17.8. The summed E-state index contributed by atoms with van der Waals surface area (Å²) in [5, 5.41) is 0. The Kier molecular flexibility index (Phi) is 4.23. The predicted octanol–water partition coefficient (Wildman–Crippen LogP) is 1.72. The Bertz CT molecular complexity index is 240. The molecule has 0 spiro atoms. The fourth-order valence-corrected chi connectivity index (χ4v) is 1.65. The fraction of sp³-hybridized carbons (Fsp3) is 0.545. The maximum atomic E-state index is 11.4. The molecule has 0 aromatic carbocycles. The second kappa shape index (κ2) is 5.47. The zero-order valence-corrected chi connectivity index (χ0v) is 8.66. The van der Waals surface area contributed by atoms with Crippen LogP contribution >= 0.6 is 0 Å². The van der Waals surface area contributed by atoms with Gasteiger partial charge in [0, 0.05) is 13.1 Å². The summed E-state index contributed by atoms with van der Waals surface area (Å²) in [6.45, 7) is 5.48. The van der Waals surface area contributed by atoms with Crippen molar-refractivity contribution in [3.63, 3.8) is 0 Å². The van der Waals surface area contributed by atoms with Crippen molar-refractivity contribution in [1.82, 2.24) is 4.90 Å². The number of nitrogens with zero attached hydrogens (tertiary/aromatic N) is 1. The topological polar surface area (TPSA) is 29.5 Å². The summed E-state index contributed by atoms with van der Waals surface area (Å²) in [6, 6.07) is 0. The number of esters is 1. The summed E-state index contributed by atoms with van der Waals surface area (Å²) < 4.78 is 4.72. The number of carbonyl (C=O) groups is 1. The standard InChI is InChI=1S/C11H17NO2/c1-3-7-10(11(13)14-2)12-8-5-4-6-9-12/h3,7H,1,4-6,8-9H2,2H3/b10-7-. The van der Waals surface area contributed by atoms with Gasteiger partial charge in [0.15, 0.2) is 0 Å². The molecule has 0 aromatic rings. The van der Waals surface area contributed by atoms with Crippen LogP contribution in [0, 0.1) is 0 Å². The minimum atomic E-state index is -0.271. The van der Waals surface area contributed by atoms with Gasteiger partial charge in [-0.25, -0.2) is 4.79 Å². The lowest BCUT2D eigenvalue weighted by Crippen LogP contribution is -2.33. The van der Waals surface area contributed by atoms with Gasteiger partial charge in [0.2, 0.25) is 0 Å². The first-order chi connectivity index (χ1) is 6.79. The molecule has 0 saturated carbocycles. The van der Waals surface area contributed by atoms with Gasteiger partial charge in [0.1, 0.15) is 5.70 Å². The van der Waals surface area contributed by atoms with E-state index in [1.54, 1.807) is 12.2 Å². The summed E-state index contributed by atoms with van der Waals surface area (Å²) in [6.07, 6.45) is 6.88. The third kappa shape index (κ3) is 2.62. The summed E-state index contributed by atoms with van der Waals surface area (Å²) >= 11 is 0. The third-order valence-electron chi connectivity index (χ3n) is 2.37. The molecule has 1 heterocycles. The minimum absolute atomic E-state index is 0.271. The Balaban J connectivity index is 2.70. The highest BCUT2D eigenvalue weighted by molar-refractivity contribution is 5.88. The van der Waals surface area contributed by atoms with E-state index in [2.05, 4.69) is 11.5 Å². The average Bonchev–Trinajstić information content (AvgIpc) is 2.26. The van der Waals surface area contributed by atoms with Crippen LogP contribution in [0.25, 0.3) is 0 Å². The number of allylic oxidation sites excluding steroid dienone is 2. The van der Waals surface area contributed by atoms with Gasteiger partial charge in [-0.05, 0) is 25.3 Å². The zero-order valence-electron chi connectivity index (χ0n) is 8.66. The molecule has 0 radical (unpaired) electrons. The van der Waals surface area contributed by atoms with Gasteiger partial charge in [-0.2, -0.15) is 0 Å².